The van der Waals surface area contributed by atoms with Crippen LogP contribution in [0.3, 0.4) is 0 Å². The van der Waals surface area contributed by atoms with Crippen LogP contribution in [-0.2, 0) is 12.4 Å². The van der Waals surface area contributed by atoms with Gasteiger partial charge in [0.25, 0.3) is 0 Å². The van der Waals surface area contributed by atoms with E-state index in [0.717, 1.165) is 90.7 Å². The Bertz CT molecular complexity index is 5890. The van der Waals surface area contributed by atoms with Crippen molar-refractivity contribution >= 4 is 205 Å². The van der Waals surface area contributed by atoms with Gasteiger partial charge in [-0.15, -0.1) is 0 Å². The molecule has 0 heterocycles. The summed E-state index contributed by atoms with van der Waals surface area (Å²) in [5.74, 6) is -1.05. The maximum atomic E-state index is 14.0. The molecule has 0 saturated carbocycles. The van der Waals surface area contributed by atoms with Gasteiger partial charge in [-0.1, -0.05) is 471 Å². The number of halogens is 15. The van der Waals surface area contributed by atoms with Gasteiger partial charge in [0.15, 0.2) is 0 Å². The van der Waals surface area contributed by atoms with Crippen molar-refractivity contribution in [3.8, 4) is 0 Å². The lowest BCUT2D eigenvalue weighted by Gasteiger charge is -2.45. The molecule has 0 aliphatic rings. The normalized spacial score (nSPS) is 11.6. The first kappa shape index (κ1) is 96.3. The Balaban J connectivity index is 0.000000144. The first-order valence-corrected chi connectivity index (χ1v) is 45.9. The summed E-state index contributed by atoms with van der Waals surface area (Å²) in [6, 6.07) is 131. The second kappa shape index (κ2) is 42.3. The van der Waals surface area contributed by atoms with E-state index in [1.165, 1.54) is 85.6 Å². The van der Waals surface area contributed by atoms with Gasteiger partial charge in [0.05, 0.1) is 11.1 Å². The molecule has 0 aliphatic carbocycles. The molecular formula is C110H89B5Br5F10-5. The van der Waals surface area contributed by atoms with Gasteiger partial charge in [0.1, 0.15) is 47.9 Å². The number of alkyl halides is 6. The smallest absolute Gasteiger partial charge is 0.218 e. The molecule has 0 amide bonds. The average molecular weight is 2050 g/mol. The number of hydrogen-bond donors (Lipinski definition) is 0. The Morgan fingerprint density at radius 2 is 0.400 bits per heavy atom. The van der Waals surface area contributed by atoms with Crippen molar-refractivity contribution in [3.63, 3.8) is 0 Å². The lowest BCUT2D eigenvalue weighted by Crippen LogP contribution is -2.75. The molecule has 0 bridgehead atoms. The first-order chi connectivity index (χ1) is 62.2. The fourth-order valence-electron chi connectivity index (χ4n) is 18.7. The van der Waals surface area contributed by atoms with Crippen LogP contribution in [0.2, 0.25) is 0 Å². The van der Waals surface area contributed by atoms with Gasteiger partial charge < -0.3 is 0 Å². The molecule has 654 valence electrons. The largest absolute Gasteiger partial charge is 0.416 e. The minimum absolute atomic E-state index is 0.0532. The zero-order valence-electron chi connectivity index (χ0n) is 71.2. The average Bonchev–Trinajstić information content (AvgIpc) is 0.711. The van der Waals surface area contributed by atoms with Crippen molar-refractivity contribution in [1.29, 1.82) is 0 Å². The highest BCUT2D eigenvalue weighted by Gasteiger charge is 2.40. The van der Waals surface area contributed by atoms with Gasteiger partial charge in [-0.05, 0) is 103 Å². The summed E-state index contributed by atoms with van der Waals surface area (Å²) in [4.78, 5) is 0. The van der Waals surface area contributed by atoms with Crippen molar-refractivity contribution in [3.05, 3.63) is 503 Å². The summed E-state index contributed by atoms with van der Waals surface area (Å²) >= 11 is 18.0. The monoisotopic (exact) mass is 2050 g/mol. The Hall–Kier alpha value is -11.2. The van der Waals surface area contributed by atoms with E-state index in [-0.39, 0.29) is 31.1 Å². The molecule has 0 N–H and O–H groups in total. The fraction of sp³-hybridized carbons (Fsp3) is 0.0727. The second-order valence-electron chi connectivity index (χ2n) is 32.8. The minimum atomic E-state index is -4.62. The molecule has 0 nitrogen and oxygen atoms in total. The van der Waals surface area contributed by atoms with E-state index in [9.17, 15) is 43.9 Å². The molecule has 0 radical (unpaired) electrons. The molecule has 17 rings (SSSR count). The Labute approximate surface area is 798 Å². The van der Waals surface area contributed by atoms with Gasteiger partial charge in [-0.3, -0.25) is 0 Å². The van der Waals surface area contributed by atoms with E-state index in [4.69, 9.17) is 0 Å². The van der Waals surface area contributed by atoms with E-state index in [1.54, 1.807) is 106 Å². The maximum absolute atomic E-state index is 14.0. The highest BCUT2D eigenvalue weighted by atomic mass is 79.9. The summed E-state index contributed by atoms with van der Waals surface area (Å²) in [5.41, 5.74) is 19.8. The van der Waals surface area contributed by atoms with E-state index >= 15 is 0 Å². The van der Waals surface area contributed by atoms with Gasteiger partial charge in [-0.25, -0.2) is 23.0 Å². The summed E-state index contributed by atoms with van der Waals surface area (Å²) in [6.45, 7) is 10.7. The number of rotatable bonds is 16. The highest BCUT2D eigenvalue weighted by molar-refractivity contribution is 9.11. The van der Waals surface area contributed by atoms with Crippen LogP contribution < -0.4 is 92.9 Å². The molecule has 0 spiro atoms. The molecular weight excluding hydrogens is 1960 g/mol. The van der Waals surface area contributed by atoms with Crippen LogP contribution in [0, 0.1) is 64.8 Å². The van der Waals surface area contributed by atoms with Crippen LogP contribution in [0.1, 0.15) is 44.5 Å². The second-order valence-corrected chi connectivity index (χ2v) is 37.4. The molecule has 0 saturated heterocycles. The van der Waals surface area contributed by atoms with E-state index in [0.29, 0.717) is 33.0 Å². The number of benzene rings is 17. The molecule has 0 aliphatic heterocycles. The maximum Gasteiger partial charge on any atom is 0.416 e. The van der Waals surface area contributed by atoms with Gasteiger partial charge >= 0.3 is 12.4 Å². The van der Waals surface area contributed by atoms with Crippen molar-refractivity contribution < 1.29 is 43.9 Å². The van der Waals surface area contributed by atoms with Gasteiger partial charge in [0, 0.05) is 22.4 Å². The molecule has 130 heavy (non-hydrogen) atoms. The van der Waals surface area contributed by atoms with Crippen LogP contribution in [0.25, 0.3) is 0 Å². The lowest BCUT2D eigenvalue weighted by molar-refractivity contribution is -0.138. The third-order valence-electron chi connectivity index (χ3n) is 24.4. The quantitative estimate of drug-likeness (QED) is 0.0668. The SMILES string of the molecule is Brc1ccc([B-](c2ccc(Br)cc2)(c2ccc(Br)cc2)c2ccc(Br)cc2)cc1.Brc1ccc([B-](c2ccccc2)(c2ccccc2)c2ccccc2)cc1.Cc1cc(C)cc([B-](c2ccccc2)(c2cc(C)cc(C(F)(F)F)c2)c2cc(C)cc(C(F)(F)F)c2)c1.Cc1ccc([B-](c2ccc(F)cc2)(c2ccc(F)cc2)c2ccc(F)cc2)cc1.[BH3-]c1ccc(C)c(F)c1. The topological polar surface area (TPSA) is 0 Å². The first-order valence-electron chi connectivity index (χ1n) is 41.9. The molecule has 17 aromatic carbocycles. The zero-order chi connectivity index (χ0) is 92.7. The standard InChI is InChI=1S/C30H26BF6.C25H19BF3.C24H16BBr4.C24H19BBr.C7H9BF/c1-19-10-20(2)14-26(13-19)31(25-8-6-5-7-9-25,27-15-21(3)11-23(17-27)29(32,33)34)28-16-22(4)12-24(18-28)30(35,36)37;1-18-2-4-19(5-3-18)26(20-6-12-23(27)13-7-20,21-8-14-24(28)15-9-21)22-10-16-25(29)17-11-22;26-21-9-1-17(2-10-21)25(18-3-11-22(27)12-4-18,19-5-13-23(28)14-6-19)20-7-15-24(29)16-8-20;26-24-18-16-23(17-19-24)25(20-10-4-1-5-11-20,21-12-6-2-7-13-21)22-14-8-3-9-15-22;1-5-2-3-6(8)4-7(5)9/h5-18H,1-4H3;2-17H,1H3;1-16H;1-19H;2-4H,1,8H3/q5*-1. The van der Waals surface area contributed by atoms with Crippen molar-refractivity contribution in [2.75, 3.05) is 0 Å². The van der Waals surface area contributed by atoms with E-state index in [2.05, 4.69) is 292 Å². The molecule has 0 fully saturated rings. The van der Waals surface area contributed by atoms with Gasteiger partial charge in [-0.2, -0.15) is 114 Å². The fourth-order valence-corrected chi connectivity index (χ4v) is 20.0. The molecule has 20 heteroatoms. The molecule has 0 aromatic heterocycles. The molecule has 17 aromatic rings. The molecule has 0 atom stereocenters. The zero-order valence-corrected chi connectivity index (χ0v) is 79.2. The lowest BCUT2D eigenvalue weighted by atomic mass is 9.13. The summed E-state index contributed by atoms with van der Waals surface area (Å²) in [6.07, 6.45) is -16.1. The minimum Gasteiger partial charge on any atom is -0.218 e. The van der Waals surface area contributed by atoms with Crippen LogP contribution in [0.5, 0.6) is 0 Å². The molecule has 0 unspecified atom stereocenters. The van der Waals surface area contributed by atoms with Crippen LogP contribution in [-0.4, -0.2) is 32.4 Å². The van der Waals surface area contributed by atoms with Crippen LogP contribution >= 0.6 is 79.6 Å². The number of hydrogen-bond acceptors (Lipinski definition) is 0. The third-order valence-corrected chi connectivity index (χ3v) is 27.0. The highest BCUT2D eigenvalue weighted by Crippen LogP contribution is 2.33. The predicted octanol–water partition coefficient (Wildman–Crippen LogP) is 20.2. The Kier molecular flexibility index (Phi) is 31.4. The third kappa shape index (κ3) is 21.8. The Morgan fingerprint density at radius 3 is 0.623 bits per heavy atom. The van der Waals surface area contributed by atoms with Gasteiger partial charge in [0.2, 0.25) is 0 Å². The predicted molar refractivity (Wildman–Crippen MR) is 553 cm³/mol. The van der Waals surface area contributed by atoms with E-state index < -0.39 is 48.1 Å². The van der Waals surface area contributed by atoms with Crippen molar-refractivity contribution in [2.45, 2.75) is 53.9 Å². The van der Waals surface area contributed by atoms with Crippen molar-refractivity contribution in [1.82, 2.24) is 0 Å². The Morgan fingerprint density at radius 1 is 0.200 bits per heavy atom. The summed E-state index contributed by atoms with van der Waals surface area (Å²) in [7, 11) is 0.172. The van der Waals surface area contributed by atoms with Crippen LogP contribution in [0.15, 0.2) is 435 Å². The summed E-state index contributed by atoms with van der Waals surface area (Å²) < 4.78 is 143. The van der Waals surface area contributed by atoms with Crippen molar-refractivity contribution in [2.24, 2.45) is 0 Å². The summed E-state index contributed by atoms with van der Waals surface area (Å²) in [5, 5.41) is 0. The van der Waals surface area contributed by atoms with E-state index in [1.807, 2.05) is 75.4 Å². The van der Waals surface area contributed by atoms with Crippen LogP contribution in [0.4, 0.5) is 43.9 Å². The number of aryl methyl sites for hydroxylation is 6.